The molecule has 7 nitrogen and oxygen atoms in total. The zero-order valence-corrected chi connectivity index (χ0v) is 16.7. The van der Waals surface area contributed by atoms with Crippen molar-refractivity contribution < 1.29 is 23.3 Å². The second-order valence-corrected chi connectivity index (χ2v) is 7.14. The van der Waals surface area contributed by atoms with Gasteiger partial charge in [0.05, 0.1) is 0 Å². The van der Waals surface area contributed by atoms with Crippen LogP contribution in [0.25, 0.3) is 16.8 Å². The van der Waals surface area contributed by atoms with E-state index < -0.39 is 12.6 Å². The van der Waals surface area contributed by atoms with Gasteiger partial charge in [-0.15, -0.1) is 0 Å². The largest absolute Gasteiger partial charge is 0.451 e. The highest BCUT2D eigenvalue weighted by atomic mass is 35.5. The van der Waals surface area contributed by atoms with Crippen LogP contribution in [0.15, 0.2) is 45.3 Å². The summed E-state index contributed by atoms with van der Waals surface area (Å²) in [7, 11) is 0. The van der Waals surface area contributed by atoms with E-state index in [-0.39, 0.29) is 11.5 Å². The molecule has 0 saturated carbocycles. The normalized spacial score (nSPS) is 11.2. The molecule has 1 aromatic carbocycles. The van der Waals surface area contributed by atoms with Crippen LogP contribution in [0.5, 0.6) is 0 Å². The average Bonchev–Trinajstić information content (AvgIpc) is 3.36. The highest BCUT2D eigenvalue weighted by Crippen LogP contribution is 2.24. The fourth-order valence-electron chi connectivity index (χ4n) is 3.25. The Labute approximate surface area is 170 Å². The number of carbonyl (C=O) groups is 2. The number of aromatic nitrogens is 2. The molecule has 0 radical (unpaired) electrons. The van der Waals surface area contributed by atoms with Crippen LogP contribution < -0.4 is 0 Å². The van der Waals surface area contributed by atoms with Gasteiger partial charge in [-0.25, -0.2) is 4.79 Å². The molecule has 0 aliphatic carbocycles. The number of furan rings is 1. The third kappa shape index (κ3) is 3.56. The van der Waals surface area contributed by atoms with E-state index in [1.165, 1.54) is 6.07 Å². The highest BCUT2D eigenvalue weighted by molar-refractivity contribution is 6.31. The van der Waals surface area contributed by atoms with E-state index in [2.05, 4.69) is 5.16 Å². The van der Waals surface area contributed by atoms with Crippen LogP contribution in [0.1, 0.15) is 38.1 Å². The Morgan fingerprint density at radius 2 is 1.93 bits per heavy atom. The Kier molecular flexibility index (Phi) is 4.76. The Morgan fingerprint density at radius 3 is 2.66 bits per heavy atom. The van der Waals surface area contributed by atoms with Crippen molar-refractivity contribution >= 4 is 34.3 Å². The molecule has 0 spiro atoms. The number of esters is 1. The number of Topliss-reactive ketones (excluding diaryl/α,β-unsaturated/α-hetero) is 1. The lowest BCUT2D eigenvalue weighted by Crippen LogP contribution is -2.14. The lowest BCUT2D eigenvalue weighted by Gasteiger charge is -2.05. The molecule has 148 valence electrons. The molecular weight excluding hydrogens is 396 g/mol. The van der Waals surface area contributed by atoms with E-state index in [1.807, 2.05) is 11.5 Å². The van der Waals surface area contributed by atoms with Crippen molar-refractivity contribution in [2.45, 2.75) is 20.8 Å². The summed E-state index contributed by atoms with van der Waals surface area (Å²) in [5.41, 5.74) is 2.47. The van der Waals surface area contributed by atoms with Gasteiger partial charge in [0, 0.05) is 33.4 Å². The van der Waals surface area contributed by atoms with Crippen molar-refractivity contribution in [3.63, 3.8) is 0 Å². The van der Waals surface area contributed by atoms with E-state index in [9.17, 15) is 9.59 Å². The van der Waals surface area contributed by atoms with Crippen LogP contribution in [0.4, 0.5) is 0 Å². The first-order chi connectivity index (χ1) is 13.8. The standard InChI is InChI=1S/C21H17ClN2O5/c1-11-6-16(13(3)24(11)20-7-12(2)29-23-20)17(25)10-27-21(26)19-9-14-8-15(22)4-5-18(14)28-19/h4-9H,10H2,1-3H3. The summed E-state index contributed by atoms with van der Waals surface area (Å²) < 4.78 is 17.6. The molecule has 0 bridgehead atoms. The molecule has 4 aromatic rings. The Balaban J connectivity index is 1.50. The molecule has 8 heteroatoms. The molecule has 4 rings (SSSR count). The molecule has 0 amide bonds. The number of aryl methyl sites for hydroxylation is 2. The van der Waals surface area contributed by atoms with Crippen LogP contribution >= 0.6 is 11.6 Å². The van der Waals surface area contributed by atoms with Gasteiger partial charge >= 0.3 is 5.97 Å². The van der Waals surface area contributed by atoms with Gasteiger partial charge in [-0.05, 0) is 51.1 Å². The summed E-state index contributed by atoms with van der Waals surface area (Å²) in [5, 5.41) is 5.21. The number of ether oxygens (including phenoxy) is 1. The third-order valence-electron chi connectivity index (χ3n) is 4.59. The minimum Gasteiger partial charge on any atom is -0.451 e. The molecule has 0 fully saturated rings. The summed E-state index contributed by atoms with van der Waals surface area (Å²) in [5.74, 6) is 0.234. The molecule has 0 unspecified atom stereocenters. The molecule has 3 aromatic heterocycles. The van der Waals surface area contributed by atoms with E-state index in [0.29, 0.717) is 38.8 Å². The maximum absolute atomic E-state index is 12.6. The predicted molar refractivity (Wildman–Crippen MR) is 106 cm³/mol. The monoisotopic (exact) mass is 412 g/mol. The maximum Gasteiger partial charge on any atom is 0.374 e. The maximum atomic E-state index is 12.6. The highest BCUT2D eigenvalue weighted by Gasteiger charge is 2.21. The van der Waals surface area contributed by atoms with Gasteiger partial charge in [-0.3, -0.25) is 9.36 Å². The van der Waals surface area contributed by atoms with Crippen molar-refractivity contribution in [3.8, 4) is 5.82 Å². The molecule has 0 aliphatic rings. The van der Waals surface area contributed by atoms with Crippen LogP contribution in [0.2, 0.25) is 5.02 Å². The van der Waals surface area contributed by atoms with Crippen LogP contribution in [0, 0.1) is 20.8 Å². The van der Waals surface area contributed by atoms with Crippen molar-refractivity contribution in [2.24, 2.45) is 0 Å². The van der Waals surface area contributed by atoms with Crippen LogP contribution in [-0.2, 0) is 4.74 Å². The van der Waals surface area contributed by atoms with Crippen LogP contribution in [-0.4, -0.2) is 28.1 Å². The SMILES string of the molecule is Cc1cc(-n2c(C)cc(C(=O)COC(=O)c3cc4cc(Cl)ccc4o3)c2C)no1. The molecule has 3 heterocycles. The van der Waals surface area contributed by atoms with Gasteiger partial charge in [0.1, 0.15) is 11.3 Å². The number of hydrogen-bond acceptors (Lipinski definition) is 6. The minimum atomic E-state index is -0.716. The van der Waals surface area contributed by atoms with E-state index in [0.717, 1.165) is 5.69 Å². The first-order valence-electron chi connectivity index (χ1n) is 8.85. The van der Waals surface area contributed by atoms with Crippen molar-refractivity contribution in [3.05, 3.63) is 69.9 Å². The molecule has 0 saturated heterocycles. The second-order valence-electron chi connectivity index (χ2n) is 6.71. The summed E-state index contributed by atoms with van der Waals surface area (Å²) in [4.78, 5) is 24.9. The zero-order chi connectivity index (χ0) is 20.7. The van der Waals surface area contributed by atoms with Crippen molar-refractivity contribution in [1.82, 2.24) is 9.72 Å². The fraction of sp³-hybridized carbons (Fsp3) is 0.190. The first-order valence-corrected chi connectivity index (χ1v) is 9.23. The number of benzene rings is 1. The number of halogens is 1. The van der Waals surface area contributed by atoms with Gasteiger partial charge in [0.2, 0.25) is 11.5 Å². The van der Waals surface area contributed by atoms with Gasteiger partial charge in [0.25, 0.3) is 0 Å². The summed E-state index contributed by atoms with van der Waals surface area (Å²) in [6.07, 6.45) is 0. The zero-order valence-electron chi connectivity index (χ0n) is 16.0. The van der Waals surface area contributed by atoms with Gasteiger partial charge < -0.3 is 13.7 Å². The number of hydrogen-bond donors (Lipinski definition) is 0. The summed E-state index contributed by atoms with van der Waals surface area (Å²) >= 11 is 5.94. The topological polar surface area (TPSA) is 87.5 Å². The van der Waals surface area contributed by atoms with E-state index >= 15 is 0 Å². The van der Waals surface area contributed by atoms with E-state index in [1.54, 1.807) is 44.2 Å². The molecule has 0 atom stereocenters. The smallest absolute Gasteiger partial charge is 0.374 e. The predicted octanol–water partition coefficient (Wildman–Crippen LogP) is 4.83. The Morgan fingerprint density at radius 1 is 1.14 bits per heavy atom. The number of rotatable bonds is 5. The summed E-state index contributed by atoms with van der Waals surface area (Å²) in [6.45, 7) is 5.05. The molecule has 29 heavy (non-hydrogen) atoms. The van der Waals surface area contributed by atoms with Gasteiger partial charge in [-0.1, -0.05) is 16.8 Å². The average molecular weight is 413 g/mol. The molecule has 0 N–H and O–H groups in total. The lowest BCUT2D eigenvalue weighted by atomic mass is 10.1. The lowest BCUT2D eigenvalue weighted by molar-refractivity contribution is 0.0446. The van der Waals surface area contributed by atoms with Gasteiger partial charge in [0.15, 0.2) is 12.4 Å². The van der Waals surface area contributed by atoms with E-state index in [4.69, 9.17) is 25.3 Å². The summed E-state index contributed by atoms with van der Waals surface area (Å²) in [6, 6.07) is 10.1. The quantitative estimate of drug-likeness (QED) is 0.344. The van der Waals surface area contributed by atoms with Crippen molar-refractivity contribution in [1.29, 1.82) is 0 Å². The first kappa shape index (κ1) is 19.0. The fourth-order valence-corrected chi connectivity index (χ4v) is 3.43. The molecular formula is C21H17ClN2O5. The second kappa shape index (κ2) is 7.25. The Hall–Kier alpha value is -3.32. The van der Waals surface area contributed by atoms with Crippen LogP contribution in [0.3, 0.4) is 0 Å². The number of nitrogens with zero attached hydrogens (tertiary/aromatic N) is 2. The van der Waals surface area contributed by atoms with Crippen molar-refractivity contribution in [2.75, 3.05) is 6.61 Å². The Bertz CT molecular complexity index is 1250. The number of ketones is 1. The molecule has 0 aliphatic heterocycles. The third-order valence-corrected chi connectivity index (χ3v) is 4.83. The minimum absolute atomic E-state index is 0.0126. The number of fused-ring (bicyclic) bond motifs is 1. The van der Waals surface area contributed by atoms with Gasteiger partial charge in [-0.2, -0.15) is 0 Å². The number of carbonyl (C=O) groups excluding carboxylic acids is 2.